The predicted octanol–water partition coefficient (Wildman–Crippen LogP) is 0.475. The topological polar surface area (TPSA) is 40.5 Å². The highest BCUT2D eigenvalue weighted by Crippen LogP contribution is 2.36. The van der Waals surface area contributed by atoms with Crippen molar-refractivity contribution in [2.75, 3.05) is 18.9 Å². The number of carbonyl (C=O) groups is 1. The lowest BCUT2D eigenvalue weighted by Crippen LogP contribution is -2.49. The summed E-state index contributed by atoms with van der Waals surface area (Å²) in [5.74, 6) is 0.949. The molecule has 0 aromatic rings. The molecule has 0 bridgehead atoms. The molecule has 1 N–H and O–H groups in total. The SMILES string of the molecule is O=C(CO)N1CCSC2CCCC21. The normalized spacial score (nSPS) is 33.2. The Morgan fingerprint density at radius 1 is 1.54 bits per heavy atom. The summed E-state index contributed by atoms with van der Waals surface area (Å²) >= 11 is 1.99. The third-order valence-corrected chi connectivity index (χ3v) is 4.33. The van der Waals surface area contributed by atoms with Crippen LogP contribution < -0.4 is 0 Å². The number of hydrogen-bond acceptors (Lipinski definition) is 3. The smallest absolute Gasteiger partial charge is 0.248 e. The van der Waals surface area contributed by atoms with Crippen LogP contribution in [0, 0.1) is 0 Å². The molecular formula is C9H15NO2S. The van der Waals surface area contributed by atoms with Gasteiger partial charge in [-0.2, -0.15) is 11.8 Å². The van der Waals surface area contributed by atoms with Gasteiger partial charge in [-0.25, -0.2) is 0 Å². The number of aliphatic hydroxyl groups excluding tert-OH is 1. The van der Waals surface area contributed by atoms with Crippen molar-refractivity contribution >= 4 is 17.7 Å². The van der Waals surface area contributed by atoms with Crippen LogP contribution in [0.3, 0.4) is 0 Å². The van der Waals surface area contributed by atoms with Crippen LogP contribution in [-0.2, 0) is 4.79 Å². The molecule has 13 heavy (non-hydrogen) atoms. The number of carbonyl (C=O) groups excluding carboxylic acids is 1. The molecule has 2 rings (SSSR count). The van der Waals surface area contributed by atoms with Gasteiger partial charge in [0.05, 0.1) is 0 Å². The molecular weight excluding hydrogens is 186 g/mol. The molecule has 1 heterocycles. The zero-order valence-electron chi connectivity index (χ0n) is 7.61. The second kappa shape index (κ2) is 3.88. The molecule has 2 fully saturated rings. The van der Waals surface area contributed by atoms with E-state index in [2.05, 4.69) is 0 Å². The van der Waals surface area contributed by atoms with Crippen LogP contribution in [0.2, 0.25) is 0 Å². The summed E-state index contributed by atoms with van der Waals surface area (Å²) in [5.41, 5.74) is 0. The Kier molecular flexibility index (Phi) is 2.79. The average Bonchev–Trinajstić information content (AvgIpc) is 2.63. The molecule has 1 aliphatic heterocycles. The third kappa shape index (κ3) is 1.70. The first-order chi connectivity index (χ1) is 6.33. The van der Waals surface area contributed by atoms with Crippen molar-refractivity contribution in [3.8, 4) is 0 Å². The fourth-order valence-corrected chi connectivity index (χ4v) is 3.77. The first-order valence-electron chi connectivity index (χ1n) is 4.85. The van der Waals surface area contributed by atoms with Gasteiger partial charge in [-0.15, -0.1) is 0 Å². The Labute approximate surface area is 82.5 Å². The molecule has 2 unspecified atom stereocenters. The first kappa shape index (κ1) is 9.34. The zero-order chi connectivity index (χ0) is 9.26. The molecule has 1 saturated carbocycles. The van der Waals surface area contributed by atoms with Gasteiger partial charge in [-0.3, -0.25) is 4.79 Å². The van der Waals surface area contributed by atoms with E-state index in [0.29, 0.717) is 11.3 Å². The highest BCUT2D eigenvalue weighted by atomic mass is 32.2. The standard InChI is InChI=1S/C9H15NO2S/c11-6-9(12)10-4-5-13-8-3-1-2-7(8)10/h7-8,11H,1-6H2. The fourth-order valence-electron chi connectivity index (χ4n) is 2.33. The lowest BCUT2D eigenvalue weighted by atomic mass is 10.2. The van der Waals surface area contributed by atoms with Crippen LogP contribution in [-0.4, -0.2) is 46.1 Å². The highest BCUT2D eigenvalue weighted by molar-refractivity contribution is 8.00. The van der Waals surface area contributed by atoms with Crippen molar-refractivity contribution < 1.29 is 9.90 Å². The van der Waals surface area contributed by atoms with Crippen molar-refractivity contribution in [2.45, 2.75) is 30.6 Å². The largest absolute Gasteiger partial charge is 0.387 e. The molecule has 1 saturated heterocycles. The molecule has 0 aromatic carbocycles. The summed E-state index contributed by atoms with van der Waals surface area (Å²) in [4.78, 5) is 13.3. The third-order valence-electron chi connectivity index (χ3n) is 2.94. The number of fused-ring (bicyclic) bond motifs is 1. The maximum Gasteiger partial charge on any atom is 0.248 e. The van der Waals surface area contributed by atoms with E-state index in [-0.39, 0.29) is 12.5 Å². The minimum absolute atomic E-state index is 0.0859. The Morgan fingerprint density at radius 3 is 3.15 bits per heavy atom. The van der Waals surface area contributed by atoms with Crippen LogP contribution >= 0.6 is 11.8 Å². The molecule has 0 radical (unpaired) electrons. The van der Waals surface area contributed by atoms with E-state index in [1.165, 1.54) is 12.8 Å². The number of nitrogens with zero attached hydrogens (tertiary/aromatic N) is 1. The Balaban J connectivity index is 2.05. The fraction of sp³-hybridized carbons (Fsp3) is 0.889. The Bertz CT molecular complexity index is 210. The highest BCUT2D eigenvalue weighted by Gasteiger charge is 2.37. The molecule has 0 aromatic heterocycles. The first-order valence-corrected chi connectivity index (χ1v) is 5.89. The Morgan fingerprint density at radius 2 is 2.38 bits per heavy atom. The number of amides is 1. The van der Waals surface area contributed by atoms with Crippen LogP contribution in [0.5, 0.6) is 0 Å². The molecule has 1 aliphatic carbocycles. The molecule has 4 heteroatoms. The maximum atomic E-state index is 11.4. The number of rotatable bonds is 1. The van der Waals surface area contributed by atoms with E-state index in [9.17, 15) is 4.79 Å². The Hall–Kier alpha value is -0.220. The maximum absolute atomic E-state index is 11.4. The minimum atomic E-state index is -0.326. The van der Waals surface area contributed by atoms with E-state index in [4.69, 9.17) is 5.11 Å². The van der Waals surface area contributed by atoms with Gasteiger partial charge in [-0.1, -0.05) is 6.42 Å². The quantitative estimate of drug-likeness (QED) is 0.670. The lowest BCUT2D eigenvalue weighted by Gasteiger charge is -2.37. The van der Waals surface area contributed by atoms with Gasteiger partial charge in [-0.05, 0) is 12.8 Å². The summed E-state index contributed by atoms with van der Waals surface area (Å²) in [6.07, 6.45) is 3.60. The van der Waals surface area contributed by atoms with Crippen LogP contribution in [0.25, 0.3) is 0 Å². The van der Waals surface area contributed by atoms with E-state index >= 15 is 0 Å². The average molecular weight is 201 g/mol. The molecule has 2 aliphatic rings. The molecule has 3 nitrogen and oxygen atoms in total. The summed E-state index contributed by atoms with van der Waals surface area (Å²) < 4.78 is 0. The van der Waals surface area contributed by atoms with Gasteiger partial charge in [0.25, 0.3) is 0 Å². The van der Waals surface area contributed by atoms with Crippen LogP contribution in [0.4, 0.5) is 0 Å². The summed E-state index contributed by atoms with van der Waals surface area (Å²) in [7, 11) is 0. The summed E-state index contributed by atoms with van der Waals surface area (Å²) in [6, 6.07) is 0.415. The summed E-state index contributed by atoms with van der Waals surface area (Å²) in [6.45, 7) is 0.499. The second-order valence-electron chi connectivity index (χ2n) is 3.65. The lowest BCUT2D eigenvalue weighted by molar-refractivity contribution is -0.136. The monoisotopic (exact) mass is 201 g/mol. The minimum Gasteiger partial charge on any atom is -0.387 e. The van der Waals surface area contributed by atoms with Crippen molar-refractivity contribution in [1.29, 1.82) is 0 Å². The number of hydrogen-bond donors (Lipinski definition) is 1. The van der Waals surface area contributed by atoms with Crippen molar-refractivity contribution in [1.82, 2.24) is 4.90 Å². The number of thioether (sulfide) groups is 1. The van der Waals surface area contributed by atoms with Gasteiger partial charge < -0.3 is 10.0 Å². The molecule has 2 atom stereocenters. The summed E-state index contributed by atoms with van der Waals surface area (Å²) in [5, 5.41) is 9.45. The van der Waals surface area contributed by atoms with Crippen molar-refractivity contribution in [3.63, 3.8) is 0 Å². The van der Waals surface area contributed by atoms with Crippen LogP contribution in [0.15, 0.2) is 0 Å². The van der Waals surface area contributed by atoms with E-state index < -0.39 is 0 Å². The zero-order valence-corrected chi connectivity index (χ0v) is 8.42. The van der Waals surface area contributed by atoms with Gasteiger partial charge in [0.2, 0.25) is 5.91 Å². The van der Waals surface area contributed by atoms with E-state index in [0.717, 1.165) is 18.7 Å². The van der Waals surface area contributed by atoms with Gasteiger partial charge in [0.1, 0.15) is 6.61 Å². The molecule has 1 amide bonds. The molecule has 0 spiro atoms. The van der Waals surface area contributed by atoms with Crippen LogP contribution in [0.1, 0.15) is 19.3 Å². The van der Waals surface area contributed by atoms with Gasteiger partial charge >= 0.3 is 0 Å². The van der Waals surface area contributed by atoms with Gasteiger partial charge in [0.15, 0.2) is 0 Å². The van der Waals surface area contributed by atoms with Crippen molar-refractivity contribution in [2.24, 2.45) is 0 Å². The van der Waals surface area contributed by atoms with Crippen molar-refractivity contribution in [3.05, 3.63) is 0 Å². The molecule has 74 valence electrons. The second-order valence-corrected chi connectivity index (χ2v) is 5.00. The number of aliphatic hydroxyl groups is 1. The van der Waals surface area contributed by atoms with E-state index in [1.807, 2.05) is 16.7 Å². The predicted molar refractivity (Wildman–Crippen MR) is 52.7 cm³/mol. The van der Waals surface area contributed by atoms with Gasteiger partial charge in [0, 0.05) is 23.6 Å². The van der Waals surface area contributed by atoms with E-state index in [1.54, 1.807) is 0 Å².